The van der Waals surface area contributed by atoms with Crippen molar-refractivity contribution in [1.29, 1.82) is 0 Å². The van der Waals surface area contributed by atoms with Crippen molar-refractivity contribution in [2.24, 2.45) is 0 Å². The molecule has 1 aliphatic heterocycles. The zero-order valence-corrected chi connectivity index (χ0v) is 22.2. The Hall–Kier alpha value is -3.80. The first-order valence-corrected chi connectivity index (χ1v) is 12.9. The van der Waals surface area contributed by atoms with Crippen molar-refractivity contribution in [3.63, 3.8) is 0 Å². The van der Waals surface area contributed by atoms with Crippen LogP contribution >= 0.6 is 0 Å². The Bertz CT molecular complexity index is 1290. The molecule has 0 spiro atoms. The molecule has 0 unspecified atom stereocenters. The number of halogens is 1. The number of rotatable bonds is 12. The van der Waals surface area contributed by atoms with Crippen LogP contribution in [0.1, 0.15) is 75.4 Å². The van der Waals surface area contributed by atoms with Crippen LogP contribution in [0.3, 0.4) is 0 Å². The first-order valence-electron chi connectivity index (χ1n) is 12.9. The van der Waals surface area contributed by atoms with Gasteiger partial charge in [-0.05, 0) is 37.1 Å². The molecule has 212 valence electrons. The predicted octanol–water partition coefficient (Wildman–Crippen LogP) is 2.97. The molecular formula is C27H33FN2O9. The van der Waals surface area contributed by atoms with Gasteiger partial charge < -0.3 is 18.9 Å². The molecule has 1 aliphatic rings. The van der Waals surface area contributed by atoms with Crippen LogP contribution in [0, 0.1) is 5.82 Å². The van der Waals surface area contributed by atoms with E-state index in [1.54, 1.807) is 0 Å². The van der Waals surface area contributed by atoms with Crippen LogP contribution in [0.15, 0.2) is 40.1 Å². The molecule has 12 heteroatoms. The van der Waals surface area contributed by atoms with Gasteiger partial charge in [-0.2, -0.15) is 8.96 Å². The number of ether oxygens (including phenoxy) is 4. The Morgan fingerprint density at radius 1 is 1.03 bits per heavy atom. The molecule has 0 N–H and O–H groups in total. The molecule has 11 nitrogen and oxygen atoms in total. The number of aromatic nitrogens is 2. The van der Waals surface area contributed by atoms with E-state index in [0.29, 0.717) is 24.8 Å². The number of unbranched alkanes of at least 4 members (excludes halogenated alkanes) is 2. The maximum atomic E-state index is 14.7. The molecule has 2 aromatic rings. The Morgan fingerprint density at radius 3 is 2.28 bits per heavy atom. The van der Waals surface area contributed by atoms with Crippen molar-refractivity contribution in [3.05, 3.63) is 62.7 Å². The van der Waals surface area contributed by atoms with Crippen LogP contribution in [0.4, 0.5) is 4.39 Å². The zero-order valence-electron chi connectivity index (χ0n) is 22.2. The minimum Gasteiger partial charge on any atom is -0.497 e. The largest absolute Gasteiger partial charge is 0.497 e. The maximum absolute atomic E-state index is 14.7. The second-order valence-corrected chi connectivity index (χ2v) is 9.12. The fourth-order valence-electron chi connectivity index (χ4n) is 4.05. The van der Waals surface area contributed by atoms with E-state index in [4.69, 9.17) is 18.9 Å². The summed E-state index contributed by atoms with van der Waals surface area (Å²) in [4.78, 5) is 63.1. The molecule has 39 heavy (non-hydrogen) atoms. The van der Waals surface area contributed by atoms with E-state index in [2.05, 4.69) is 0 Å². The number of methoxy groups -OCH3 is 1. The average molecular weight is 549 g/mol. The average Bonchev–Trinajstić information content (AvgIpc) is 3.33. The van der Waals surface area contributed by atoms with Gasteiger partial charge in [0.2, 0.25) is 5.82 Å². The number of hydrogen-bond donors (Lipinski definition) is 0. The van der Waals surface area contributed by atoms with E-state index < -0.39 is 53.3 Å². The summed E-state index contributed by atoms with van der Waals surface area (Å²) in [6.07, 6.45) is 0.686. The molecule has 0 amide bonds. The lowest BCUT2D eigenvalue weighted by molar-refractivity contribution is -0.158. The Balaban J connectivity index is 1.89. The van der Waals surface area contributed by atoms with Gasteiger partial charge in [-0.15, -0.1) is 0 Å². The normalized spacial score (nSPS) is 18.5. The third-order valence-electron chi connectivity index (χ3n) is 6.26. The minimum atomic E-state index is -1.42. The van der Waals surface area contributed by atoms with E-state index in [0.717, 1.165) is 17.4 Å². The lowest BCUT2D eigenvalue weighted by Crippen LogP contribution is -2.46. The van der Waals surface area contributed by atoms with E-state index in [1.807, 2.05) is 13.8 Å². The Morgan fingerprint density at radius 2 is 1.67 bits per heavy atom. The van der Waals surface area contributed by atoms with E-state index in [9.17, 15) is 28.4 Å². The molecule has 0 bridgehead atoms. The number of esters is 2. The van der Waals surface area contributed by atoms with Crippen molar-refractivity contribution < 1.29 is 37.7 Å². The summed E-state index contributed by atoms with van der Waals surface area (Å²) >= 11 is 0. The first-order chi connectivity index (χ1) is 18.7. The molecule has 1 fully saturated rings. The van der Waals surface area contributed by atoms with Crippen LogP contribution in [0.25, 0.3) is 0 Å². The van der Waals surface area contributed by atoms with Crippen molar-refractivity contribution in [1.82, 2.24) is 9.13 Å². The highest BCUT2D eigenvalue weighted by atomic mass is 19.1. The van der Waals surface area contributed by atoms with Gasteiger partial charge in [0.25, 0.3) is 11.5 Å². The summed E-state index contributed by atoms with van der Waals surface area (Å²) in [5.74, 6) is -2.90. The van der Waals surface area contributed by atoms with E-state index in [-0.39, 0.29) is 36.0 Å². The second-order valence-electron chi connectivity index (χ2n) is 9.12. The Labute approximate surface area is 224 Å². The van der Waals surface area contributed by atoms with E-state index in [1.165, 1.54) is 31.4 Å². The van der Waals surface area contributed by atoms with Crippen LogP contribution < -0.4 is 16.0 Å². The fourth-order valence-corrected chi connectivity index (χ4v) is 4.05. The molecule has 3 atom stereocenters. The molecule has 0 aliphatic carbocycles. The lowest BCUT2D eigenvalue weighted by atomic mass is 10.1. The molecule has 0 saturated carbocycles. The summed E-state index contributed by atoms with van der Waals surface area (Å²) in [6.45, 7) is 3.59. The fraction of sp³-hybridized carbons (Fsp3) is 0.519. The molecule has 0 radical (unpaired) electrons. The van der Waals surface area contributed by atoms with Crippen LogP contribution in [-0.2, 0) is 23.8 Å². The number of hydrogen-bond acceptors (Lipinski definition) is 9. The lowest BCUT2D eigenvalue weighted by Gasteiger charge is -2.19. The van der Waals surface area contributed by atoms with E-state index >= 15 is 0 Å². The van der Waals surface area contributed by atoms with Gasteiger partial charge >= 0.3 is 17.6 Å². The highest BCUT2D eigenvalue weighted by molar-refractivity contribution is 5.95. The quantitative estimate of drug-likeness (QED) is 0.367. The van der Waals surface area contributed by atoms with Gasteiger partial charge in [0.1, 0.15) is 30.8 Å². The summed E-state index contributed by atoms with van der Waals surface area (Å²) in [6, 6.07) is 5.59. The molecule has 1 saturated heterocycles. The van der Waals surface area contributed by atoms with Gasteiger partial charge in [0.05, 0.1) is 13.3 Å². The topological polar surface area (TPSA) is 132 Å². The molecular weight excluding hydrogens is 515 g/mol. The summed E-state index contributed by atoms with van der Waals surface area (Å²) in [5.41, 5.74) is -2.60. The number of carbonyl (C=O) groups excluding carboxylic acids is 3. The third kappa shape index (κ3) is 7.41. The van der Waals surface area contributed by atoms with Gasteiger partial charge in [0.15, 0.2) is 0 Å². The highest BCUT2D eigenvalue weighted by Crippen LogP contribution is 2.31. The predicted molar refractivity (Wildman–Crippen MR) is 136 cm³/mol. The number of benzene rings is 1. The molecule has 1 aromatic heterocycles. The van der Waals surface area contributed by atoms with Crippen LogP contribution in [0.5, 0.6) is 5.75 Å². The van der Waals surface area contributed by atoms with Crippen molar-refractivity contribution >= 4 is 17.8 Å². The zero-order chi connectivity index (χ0) is 28.5. The number of carbonyl (C=O) groups is 3. The molecule has 3 rings (SSSR count). The monoisotopic (exact) mass is 548 g/mol. The first kappa shape index (κ1) is 29.8. The van der Waals surface area contributed by atoms with Crippen LogP contribution in [-0.4, -0.2) is 52.9 Å². The molecule has 1 aromatic carbocycles. The van der Waals surface area contributed by atoms with Gasteiger partial charge in [-0.25, -0.2) is 4.79 Å². The smallest absolute Gasteiger partial charge is 0.340 e. The van der Waals surface area contributed by atoms with Crippen molar-refractivity contribution in [2.45, 2.75) is 77.2 Å². The van der Waals surface area contributed by atoms with Crippen molar-refractivity contribution in [2.75, 3.05) is 13.7 Å². The van der Waals surface area contributed by atoms with Gasteiger partial charge in [0, 0.05) is 24.8 Å². The highest BCUT2D eigenvalue weighted by Gasteiger charge is 2.41. The minimum absolute atomic E-state index is 0.0425. The van der Waals surface area contributed by atoms with Gasteiger partial charge in [-0.3, -0.25) is 23.7 Å². The van der Waals surface area contributed by atoms with Crippen molar-refractivity contribution in [3.8, 4) is 5.75 Å². The SMILES string of the molecule is CCCCC(=O)OC[C@H]1O[C@@H](n2cc(F)c(=O)n(C(=O)c3ccc(OC)cc3)c2=O)C[C@@H]1OC(=O)CCCC. The Kier molecular flexibility index (Phi) is 10.6. The summed E-state index contributed by atoms with van der Waals surface area (Å²) < 4.78 is 37.4. The van der Waals surface area contributed by atoms with Gasteiger partial charge in [-0.1, -0.05) is 26.7 Å². The third-order valence-corrected chi connectivity index (χ3v) is 6.26. The summed E-state index contributed by atoms with van der Waals surface area (Å²) in [7, 11) is 1.43. The number of nitrogens with zero attached hydrogens (tertiary/aromatic N) is 2. The summed E-state index contributed by atoms with van der Waals surface area (Å²) in [5, 5.41) is 0. The second kappa shape index (κ2) is 13.8. The molecule has 2 heterocycles. The standard InChI is InChI=1S/C27H33FN2O9/c1-4-6-8-23(31)37-16-21-20(39-24(32)9-7-5-2)14-22(38-21)29-15-19(28)26(34)30(27(29)35)25(33)17-10-12-18(36-3)13-11-17/h10-13,15,20-22H,4-9,14,16H2,1-3H3/t20-,21+,22+/m0/s1. The maximum Gasteiger partial charge on any atom is 0.340 e. The van der Waals surface area contributed by atoms with Crippen LogP contribution in [0.2, 0.25) is 0 Å².